The van der Waals surface area contributed by atoms with Crippen molar-refractivity contribution in [2.75, 3.05) is 13.1 Å². The van der Waals surface area contributed by atoms with Crippen molar-refractivity contribution in [3.8, 4) is 0 Å². The molecular weight excluding hydrogens is 278 g/mol. The monoisotopic (exact) mass is 301 g/mol. The number of carbonyl (C=O) groups excluding carboxylic acids is 1. The number of nitrogens with zero attached hydrogens (tertiary/aromatic N) is 3. The maximum atomic E-state index is 12.7. The van der Waals surface area contributed by atoms with Gasteiger partial charge in [0.2, 0.25) is 0 Å². The van der Waals surface area contributed by atoms with E-state index in [4.69, 9.17) is 0 Å². The van der Waals surface area contributed by atoms with Gasteiger partial charge in [-0.25, -0.2) is 4.98 Å². The molecule has 5 heteroatoms. The fourth-order valence-corrected chi connectivity index (χ4v) is 2.38. The molecule has 5 nitrogen and oxygen atoms in total. The highest BCUT2D eigenvalue weighted by Crippen LogP contribution is 2.16. The number of aryl methyl sites for hydroxylation is 1. The molecule has 2 rings (SSSR count). The lowest BCUT2D eigenvalue weighted by Crippen LogP contribution is -2.38. The van der Waals surface area contributed by atoms with Crippen LogP contribution in [-0.2, 0) is 7.05 Å². The van der Waals surface area contributed by atoms with E-state index >= 15 is 0 Å². The van der Waals surface area contributed by atoms with Crippen LogP contribution >= 0.6 is 0 Å². The Morgan fingerprint density at radius 1 is 1.27 bits per heavy atom. The van der Waals surface area contributed by atoms with E-state index in [1.807, 2.05) is 44.2 Å². The maximum Gasteiger partial charge on any atom is 0.289 e. The van der Waals surface area contributed by atoms with Gasteiger partial charge in [0.15, 0.2) is 5.82 Å². The second kappa shape index (κ2) is 7.22. The van der Waals surface area contributed by atoms with Gasteiger partial charge in [0.1, 0.15) is 0 Å². The summed E-state index contributed by atoms with van der Waals surface area (Å²) in [6.45, 7) is 4.94. The van der Waals surface area contributed by atoms with Crippen LogP contribution in [0.25, 0.3) is 0 Å². The Kier molecular flexibility index (Phi) is 5.33. The number of carbonyl (C=O) groups is 1. The van der Waals surface area contributed by atoms with Crippen molar-refractivity contribution in [3.05, 3.63) is 54.1 Å². The topological polar surface area (TPSA) is 58.4 Å². The summed E-state index contributed by atoms with van der Waals surface area (Å²) >= 11 is 0. The molecule has 0 aliphatic rings. The average Bonchev–Trinajstić information content (AvgIpc) is 2.92. The van der Waals surface area contributed by atoms with Crippen molar-refractivity contribution in [2.24, 2.45) is 13.0 Å². The molecule has 1 atom stereocenters. The molecule has 0 bridgehead atoms. The van der Waals surface area contributed by atoms with E-state index < -0.39 is 6.10 Å². The summed E-state index contributed by atoms with van der Waals surface area (Å²) < 4.78 is 1.70. The van der Waals surface area contributed by atoms with E-state index in [1.54, 1.807) is 28.9 Å². The second-order valence-corrected chi connectivity index (χ2v) is 5.89. The lowest BCUT2D eigenvalue weighted by atomic mass is 10.1. The number of hydrogen-bond donors (Lipinski definition) is 1. The Hall–Kier alpha value is -2.14. The smallest absolute Gasteiger partial charge is 0.289 e. The van der Waals surface area contributed by atoms with E-state index in [0.29, 0.717) is 18.3 Å². The quantitative estimate of drug-likeness (QED) is 0.890. The molecule has 118 valence electrons. The third-order valence-electron chi connectivity index (χ3n) is 3.46. The summed E-state index contributed by atoms with van der Waals surface area (Å²) in [6.07, 6.45) is 2.65. The van der Waals surface area contributed by atoms with Gasteiger partial charge >= 0.3 is 0 Å². The molecule has 0 saturated carbocycles. The minimum atomic E-state index is -0.704. The molecule has 1 unspecified atom stereocenters. The molecule has 0 aliphatic carbocycles. The summed E-state index contributed by atoms with van der Waals surface area (Å²) in [5.74, 6) is 0.546. The van der Waals surface area contributed by atoms with E-state index in [9.17, 15) is 9.90 Å². The Balaban J connectivity index is 2.16. The summed E-state index contributed by atoms with van der Waals surface area (Å²) in [5, 5.41) is 10.4. The molecule has 1 amide bonds. The lowest BCUT2D eigenvalue weighted by molar-refractivity contribution is 0.0580. The first-order valence-electron chi connectivity index (χ1n) is 7.48. The van der Waals surface area contributed by atoms with Gasteiger partial charge in [0, 0.05) is 26.0 Å². The van der Waals surface area contributed by atoms with Crippen molar-refractivity contribution >= 4 is 5.91 Å². The van der Waals surface area contributed by atoms with Crippen LogP contribution in [0.15, 0.2) is 42.7 Å². The molecule has 0 aliphatic heterocycles. The highest BCUT2D eigenvalue weighted by molar-refractivity contribution is 5.90. The number of aliphatic hydroxyl groups is 1. The molecule has 0 fully saturated rings. The van der Waals surface area contributed by atoms with Gasteiger partial charge < -0.3 is 14.6 Å². The fraction of sp³-hybridized carbons (Fsp3) is 0.412. The van der Waals surface area contributed by atoms with Crippen LogP contribution in [0.4, 0.5) is 0 Å². The molecule has 22 heavy (non-hydrogen) atoms. The zero-order chi connectivity index (χ0) is 16.1. The van der Waals surface area contributed by atoms with Crippen LogP contribution in [0.5, 0.6) is 0 Å². The van der Waals surface area contributed by atoms with Gasteiger partial charge in [-0.2, -0.15) is 0 Å². The summed E-state index contributed by atoms with van der Waals surface area (Å²) in [7, 11) is 1.79. The predicted molar refractivity (Wildman–Crippen MR) is 85.4 cm³/mol. The summed E-state index contributed by atoms with van der Waals surface area (Å²) in [4.78, 5) is 18.4. The minimum Gasteiger partial charge on any atom is -0.387 e. The Bertz CT molecular complexity index is 607. The van der Waals surface area contributed by atoms with Gasteiger partial charge in [-0.3, -0.25) is 4.79 Å². The number of benzene rings is 1. The number of aromatic nitrogens is 2. The summed E-state index contributed by atoms with van der Waals surface area (Å²) in [5.41, 5.74) is 0.809. The number of imidazole rings is 1. The summed E-state index contributed by atoms with van der Waals surface area (Å²) in [6, 6.07) is 9.39. The number of amides is 1. The largest absolute Gasteiger partial charge is 0.387 e. The number of aliphatic hydroxyl groups excluding tert-OH is 1. The minimum absolute atomic E-state index is 0.156. The van der Waals surface area contributed by atoms with E-state index in [0.717, 1.165) is 5.56 Å². The molecule has 1 heterocycles. The van der Waals surface area contributed by atoms with E-state index in [2.05, 4.69) is 4.98 Å². The highest BCUT2D eigenvalue weighted by Gasteiger charge is 2.23. The molecule has 1 N–H and O–H groups in total. The normalized spacial score (nSPS) is 12.4. The van der Waals surface area contributed by atoms with Crippen LogP contribution in [0.2, 0.25) is 0 Å². The van der Waals surface area contributed by atoms with Crippen LogP contribution in [-0.4, -0.2) is 38.6 Å². The van der Waals surface area contributed by atoms with Crippen LogP contribution < -0.4 is 0 Å². The zero-order valence-electron chi connectivity index (χ0n) is 13.3. The Labute approximate surface area is 131 Å². The molecule has 1 aromatic heterocycles. The highest BCUT2D eigenvalue weighted by atomic mass is 16.3. The van der Waals surface area contributed by atoms with Crippen molar-refractivity contribution < 1.29 is 9.90 Å². The predicted octanol–water partition coefficient (Wildman–Crippen LogP) is 2.25. The number of hydrogen-bond acceptors (Lipinski definition) is 3. The Morgan fingerprint density at radius 2 is 1.95 bits per heavy atom. The van der Waals surface area contributed by atoms with Crippen LogP contribution in [0.1, 0.15) is 36.1 Å². The fourth-order valence-electron chi connectivity index (χ4n) is 2.38. The first kappa shape index (κ1) is 16.2. The van der Waals surface area contributed by atoms with E-state index in [1.165, 1.54) is 0 Å². The first-order valence-corrected chi connectivity index (χ1v) is 7.48. The Morgan fingerprint density at radius 3 is 2.50 bits per heavy atom. The molecule has 0 radical (unpaired) electrons. The standard InChI is InChI=1S/C17H23N3O2/c1-13(2)11-20(17(22)16-18-9-10-19(16)3)12-15(21)14-7-5-4-6-8-14/h4-10,13,15,21H,11-12H2,1-3H3. The lowest BCUT2D eigenvalue weighted by Gasteiger charge is -2.27. The van der Waals surface area contributed by atoms with Crippen molar-refractivity contribution in [2.45, 2.75) is 20.0 Å². The van der Waals surface area contributed by atoms with Crippen LogP contribution in [0.3, 0.4) is 0 Å². The number of rotatable bonds is 6. The van der Waals surface area contributed by atoms with E-state index in [-0.39, 0.29) is 12.5 Å². The van der Waals surface area contributed by atoms with Crippen molar-refractivity contribution in [1.29, 1.82) is 0 Å². The van der Waals surface area contributed by atoms with Gasteiger partial charge in [-0.05, 0) is 11.5 Å². The van der Waals surface area contributed by atoms with Crippen molar-refractivity contribution in [1.82, 2.24) is 14.5 Å². The molecular formula is C17H23N3O2. The maximum absolute atomic E-state index is 12.7. The SMILES string of the molecule is CC(C)CN(CC(O)c1ccccc1)C(=O)c1nccn1C. The molecule has 0 spiro atoms. The molecule has 0 saturated heterocycles. The first-order chi connectivity index (χ1) is 10.5. The third-order valence-corrected chi connectivity index (χ3v) is 3.46. The second-order valence-electron chi connectivity index (χ2n) is 5.89. The average molecular weight is 301 g/mol. The third kappa shape index (κ3) is 3.95. The molecule has 1 aromatic carbocycles. The zero-order valence-corrected chi connectivity index (χ0v) is 13.3. The molecule has 2 aromatic rings. The van der Waals surface area contributed by atoms with Gasteiger partial charge in [-0.1, -0.05) is 44.2 Å². The van der Waals surface area contributed by atoms with Gasteiger partial charge in [0.25, 0.3) is 5.91 Å². The van der Waals surface area contributed by atoms with Crippen LogP contribution in [0, 0.1) is 5.92 Å². The van der Waals surface area contributed by atoms with Crippen molar-refractivity contribution in [3.63, 3.8) is 0 Å². The van der Waals surface area contributed by atoms with Gasteiger partial charge in [-0.15, -0.1) is 0 Å². The van der Waals surface area contributed by atoms with Gasteiger partial charge in [0.05, 0.1) is 12.6 Å².